The molecule has 1 aliphatic rings. The second kappa shape index (κ2) is 4.81. The molecule has 7 heteroatoms. The van der Waals surface area contributed by atoms with Crippen LogP contribution in [0.4, 0.5) is 4.79 Å². The maximum atomic E-state index is 12.0. The molecule has 1 aliphatic heterocycles. The fraction of sp³-hybridized carbons (Fsp3) is 0.364. The number of carbonyl (C=O) groups is 2. The van der Waals surface area contributed by atoms with Gasteiger partial charge in [0.15, 0.2) is 0 Å². The van der Waals surface area contributed by atoms with E-state index in [1.807, 2.05) is 18.4 Å². The number of amides is 3. The number of thiophene rings is 1. The average molecular weight is 330 g/mol. The molecule has 1 unspecified atom stereocenters. The summed E-state index contributed by atoms with van der Waals surface area (Å²) in [5.41, 5.74) is -0.843. The third kappa shape index (κ3) is 2.32. The smallest absolute Gasteiger partial charge is 0.322 e. The van der Waals surface area contributed by atoms with E-state index in [0.717, 1.165) is 14.4 Å². The van der Waals surface area contributed by atoms with Gasteiger partial charge >= 0.3 is 6.03 Å². The average Bonchev–Trinajstić information content (AvgIpc) is 2.82. The van der Waals surface area contributed by atoms with Crippen LogP contribution in [0.2, 0.25) is 0 Å². The van der Waals surface area contributed by atoms with Crippen LogP contribution in [0.1, 0.15) is 25.1 Å². The topological polar surface area (TPSA) is 61.8 Å². The molecule has 1 saturated heterocycles. The van der Waals surface area contributed by atoms with Crippen molar-refractivity contribution in [2.45, 2.75) is 25.8 Å². The van der Waals surface area contributed by atoms with Crippen LogP contribution in [0.15, 0.2) is 21.0 Å². The van der Waals surface area contributed by atoms with Crippen molar-refractivity contribution in [3.8, 4) is 0 Å². The van der Waals surface area contributed by atoms with Gasteiger partial charge in [-0.3, -0.25) is 4.79 Å². The zero-order chi connectivity index (χ0) is 13.3. The molecule has 3 amide bonds. The van der Waals surface area contributed by atoms with Crippen molar-refractivity contribution in [2.75, 3.05) is 0 Å². The minimum absolute atomic E-state index is 0.318. The number of nitrogens with one attached hydrogen (secondary N) is 1. The maximum Gasteiger partial charge on any atom is 0.346 e. The van der Waals surface area contributed by atoms with Gasteiger partial charge in [0, 0.05) is 14.7 Å². The summed E-state index contributed by atoms with van der Waals surface area (Å²) in [6, 6.07) is 1.39. The van der Waals surface area contributed by atoms with Gasteiger partial charge in [0.1, 0.15) is 5.54 Å². The Labute approximate surface area is 117 Å². The molecule has 0 aliphatic carbocycles. The highest BCUT2D eigenvalue weighted by molar-refractivity contribution is 9.10. The molecular weight excluding hydrogens is 318 g/mol. The first-order valence-corrected chi connectivity index (χ1v) is 7.08. The molecule has 0 radical (unpaired) electrons. The van der Waals surface area contributed by atoms with E-state index in [4.69, 9.17) is 0 Å². The molecule has 1 N–H and O–H groups in total. The standard InChI is InChI=1S/C11H12BrN3O2S/c1-3-11(2)9(16)15(10(17)14-11)13-5-8-4-7(12)6-18-8/h4-6H,3H2,1-2H3,(H,14,17)/b13-5+. The summed E-state index contributed by atoms with van der Waals surface area (Å²) in [5.74, 6) is -0.318. The van der Waals surface area contributed by atoms with E-state index in [2.05, 4.69) is 26.3 Å². The van der Waals surface area contributed by atoms with E-state index in [9.17, 15) is 9.59 Å². The number of urea groups is 1. The number of nitrogens with zero attached hydrogens (tertiary/aromatic N) is 2. The Morgan fingerprint density at radius 1 is 1.61 bits per heavy atom. The predicted octanol–water partition coefficient (Wildman–Crippen LogP) is 2.57. The van der Waals surface area contributed by atoms with Crippen LogP contribution in [0.5, 0.6) is 0 Å². The molecule has 0 aromatic carbocycles. The fourth-order valence-corrected chi connectivity index (χ4v) is 2.82. The van der Waals surface area contributed by atoms with Crippen molar-refractivity contribution >= 4 is 45.4 Å². The van der Waals surface area contributed by atoms with Crippen molar-refractivity contribution in [1.82, 2.24) is 10.3 Å². The summed E-state index contributed by atoms with van der Waals surface area (Å²) in [6.07, 6.45) is 2.04. The van der Waals surface area contributed by atoms with Gasteiger partial charge in [-0.25, -0.2) is 4.79 Å². The normalized spacial score (nSPS) is 24.1. The fourth-order valence-electron chi connectivity index (χ4n) is 1.52. The zero-order valence-electron chi connectivity index (χ0n) is 9.94. The van der Waals surface area contributed by atoms with Crippen molar-refractivity contribution in [1.29, 1.82) is 0 Å². The van der Waals surface area contributed by atoms with Crippen LogP contribution in [0, 0.1) is 0 Å². The highest BCUT2D eigenvalue weighted by Gasteiger charge is 2.46. The minimum atomic E-state index is -0.843. The van der Waals surface area contributed by atoms with Gasteiger partial charge in [-0.1, -0.05) is 6.92 Å². The van der Waals surface area contributed by atoms with Gasteiger partial charge in [0.25, 0.3) is 5.91 Å². The Bertz CT molecular complexity index is 528. The molecule has 18 heavy (non-hydrogen) atoms. The zero-order valence-corrected chi connectivity index (χ0v) is 12.3. The molecule has 1 aromatic rings. The van der Waals surface area contributed by atoms with Gasteiger partial charge in [-0.05, 0) is 35.3 Å². The summed E-state index contributed by atoms with van der Waals surface area (Å²) in [4.78, 5) is 24.5. The number of imide groups is 1. The Morgan fingerprint density at radius 2 is 2.33 bits per heavy atom. The molecule has 0 spiro atoms. The summed E-state index contributed by atoms with van der Waals surface area (Å²) in [7, 11) is 0. The molecule has 1 atom stereocenters. The maximum absolute atomic E-state index is 12.0. The van der Waals surface area contributed by atoms with Crippen molar-refractivity contribution in [3.05, 3.63) is 20.8 Å². The largest absolute Gasteiger partial charge is 0.346 e. The van der Waals surface area contributed by atoms with E-state index in [0.29, 0.717) is 6.42 Å². The molecule has 2 heterocycles. The van der Waals surface area contributed by atoms with Crippen molar-refractivity contribution < 1.29 is 9.59 Å². The first-order chi connectivity index (χ1) is 8.46. The highest BCUT2D eigenvalue weighted by Crippen LogP contribution is 2.22. The molecule has 2 rings (SSSR count). The lowest BCUT2D eigenvalue weighted by Gasteiger charge is -2.17. The van der Waals surface area contributed by atoms with Gasteiger partial charge in [0.05, 0.1) is 6.21 Å². The lowest BCUT2D eigenvalue weighted by atomic mass is 10.00. The van der Waals surface area contributed by atoms with Crippen LogP contribution in [-0.4, -0.2) is 28.7 Å². The second-order valence-electron chi connectivity index (χ2n) is 4.14. The van der Waals surface area contributed by atoms with Crippen molar-refractivity contribution in [3.63, 3.8) is 0 Å². The number of rotatable bonds is 3. The SMILES string of the molecule is CCC1(C)NC(=O)N(/N=C/c2cc(Br)cs2)C1=O. The molecule has 0 bridgehead atoms. The Morgan fingerprint density at radius 3 is 2.83 bits per heavy atom. The minimum Gasteiger partial charge on any atom is -0.322 e. The second-order valence-corrected chi connectivity index (χ2v) is 6.00. The third-order valence-corrected chi connectivity index (χ3v) is 4.46. The number of halogens is 1. The van der Waals surface area contributed by atoms with E-state index < -0.39 is 11.6 Å². The van der Waals surface area contributed by atoms with E-state index >= 15 is 0 Å². The van der Waals surface area contributed by atoms with E-state index in [-0.39, 0.29) is 5.91 Å². The number of carbonyl (C=O) groups excluding carboxylic acids is 2. The first kappa shape index (κ1) is 13.2. The summed E-state index contributed by atoms with van der Waals surface area (Å²) < 4.78 is 0.949. The van der Waals surface area contributed by atoms with Crippen LogP contribution in [0.3, 0.4) is 0 Å². The quantitative estimate of drug-likeness (QED) is 0.684. The predicted molar refractivity (Wildman–Crippen MR) is 73.7 cm³/mol. The Kier molecular flexibility index (Phi) is 3.54. The van der Waals surface area contributed by atoms with Crippen molar-refractivity contribution in [2.24, 2.45) is 5.10 Å². The van der Waals surface area contributed by atoms with Crippen LogP contribution in [0.25, 0.3) is 0 Å². The van der Waals surface area contributed by atoms with Crippen LogP contribution >= 0.6 is 27.3 Å². The van der Waals surface area contributed by atoms with Gasteiger partial charge in [-0.15, -0.1) is 16.3 Å². The van der Waals surface area contributed by atoms with E-state index in [1.165, 1.54) is 17.6 Å². The summed E-state index contributed by atoms with van der Waals surface area (Å²) in [5, 5.41) is 9.38. The molecule has 96 valence electrons. The van der Waals surface area contributed by atoms with Gasteiger partial charge in [0.2, 0.25) is 0 Å². The first-order valence-electron chi connectivity index (χ1n) is 5.41. The molecular formula is C11H12BrN3O2S. The lowest BCUT2D eigenvalue weighted by Crippen LogP contribution is -2.42. The number of hydrogen-bond donors (Lipinski definition) is 1. The van der Waals surface area contributed by atoms with E-state index in [1.54, 1.807) is 6.92 Å². The number of hydrazone groups is 1. The van der Waals surface area contributed by atoms with Gasteiger partial charge < -0.3 is 5.32 Å². The summed E-state index contributed by atoms with van der Waals surface area (Å²) in [6.45, 7) is 3.55. The monoisotopic (exact) mass is 329 g/mol. The highest BCUT2D eigenvalue weighted by atomic mass is 79.9. The summed E-state index contributed by atoms with van der Waals surface area (Å²) >= 11 is 4.80. The Balaban J connectivity index is 2.17. The van der Waals surface area contributed by atoms with Gasteiger partial charge in [-0.2, -0.15) is 5.10 Å². The van der Waals surface area contributed by atoms with Crippen LogP contribution in [-0.2, 0) is 4.79 Å². The Hall–Kier alpha value is -1.21. The van der Waals surface area contributed by atoms with Crippen LogP contribution < -0.4 is 5.32 Å². The molecule has 1 aromatic heterocycles. The molecule has 1 fully saturated rings. The third-order valence-electron chi connectivity index (χ3n) is 2.83. The number of hydrogen-bond acceptors (Lipinski definition) is 4. The molecule has 5 nitrogen and oxygen atoms in total. The lowest BCUT2D eigenvalue weighted by molar-refractivity contribution is -0.130. The molecule has 0 saturated carbocycles.